The zero-order valence-electron chi connectivity index (χ0n) is 11.3. The molecule has 0 N–H and O–H groups in total. The summed E-state index contributed by atoms with van der Waals surface area (Å²) in [6, 6.07) is 0. The summed E-state index contributed by atoms with van der Waals surface area (Å²) >= 11 is 3.53. The van der Waals surface area contributed by atoms with Crippen molar-refractivity contribution in [2.75, 3.05) is 0 Å². The molecule has 0 bridgehead atoms. The van der Waals surface area contributed by atoms with Crippen molar-refractivity contribution >= 4 is 15.9 Å². The number of fused-ring (bicyclic) bond motifs is 1. The van der Waals surface area contributed by atoms with E-state index in [2.05, 4.69) is 44.5 Å². The van der Waals surface area contributed by atoms with Gasteiger partial charge in [0.05, 0.1) is 5.33 Å². The number of hydrogen-bond acceptors (Lipinski definition) is 2. The summed E-state index contributed by atoms with van der Waals surface area (Å²) < 4.78 is 2.38. The molecule has 3 rings (SSSR count). The first-order valence-electron chi connectivity index (χ1n) is 7.20. The van der Waals surface area contributed by atoms with Crippen LogP contribution >= 0.6 is 15.9 Å². The van der Waals surface area contributed by atoms with Crippen molar-refractivity contribution in [2.45, 2.75) is 57.3 Å². The Labute approximate surface area is 117 Å². The molecule has 0 aliphatic heterocycles. The summed E-state index contributed by atoms with van der Waals surface area (Å²) in [5.41, 5.74) is 0. The monoisotopic (exact) mass is 311 g/mol. The molecule has 2 saturated carbocycles. The number of alkyl halides is 1. The maximum Gasteiger partial charge on any atom is 0.143 e. The third-order valence-corrected chi connectivity index (χ3v) is 4.98. The minimum absolute atomic E-state index is 0.651. The lowest BCUT2D eigenvalue weighted by Crippen LogP contribution is -2.11. The summed E-state index contributed by atoms with van der Waals surface area (Å²) in [7, 11) is 0. The smallest absolute Gasteiger partial charge is 0.143 e. The van der Waals surface area contributed by atoms with Crippen LogP contribution in [0.15, 0.2) is 0 Å². The molecule has 100 valence electrons. The Morgan fingerprint density at radius 3 is 2.44 bits per heavy atom. The highest BCUT2D eigenvalue weighted by molar-refractivity contribution is 9.08. The van der Waals surface area contributed by atoms with E-state index >= 15 is 0 Å². The quantitative estimate of drug-likeness (QED) is 0.793. The fraction of sp³-hybridized carbons (Fsp3) is 0.857. The molecular formula is C14H22BrN3. The van der Waals surface area contributed by atoms with Crippen LogP contribution in [-0.2, 0) is 11.9 Å². The van der Waals surface area contributed by atoms with Crippen molar-refractivity contribution in [3.8, 4) is 0 Å². The number of nitrogens with zero attached hydrogens (tertiary/aromatic N) is 3. The van der Waals surface area contributed by atoms with Gasteiger partial charge in [-0.2, -0.15) is 0 Å². The third kappa shape index (κ3) is 2.13. The van der Waals surface area contributed by atoms with Crippen LogP contribution in [-0.4, -0.2) is 14.8 Å². The molecule has 0 amide bonds. The van der Waals surface area contributed by atoms with Crippen molar-refractivity contribution < 1.29 is 0 Å². The van der Waals surface area contributed by atoms with Gasteiger partial charge in [0.2, 0.25) is 0 Å². The molecular weight excluding hydrogens is 290 g/mol. The fourth-order valence-corrected chi connectivity index (χ4v) is 4.05. The topological polar surface area (TPSA) is 30.7 Å². The predicted molar refractivity (Wildman–Crippen MR) is 75.7 cm³/mol. The zero-order chi connectivity index (χ0) is 12.7. The van der Waals surface area contributed by atoms with Crippen LogP contribution in [0, 0.1) is 17.8 Å². The number of rotatable bonds is 4. The van der Waals surface area contributed by atoms with E-state index in [9.17, 15) is 0 Å². The molecule has 1 aromatic heterocycles. The summed E-state index contributed by atoms with van der Waals surface area (Å²) in [6.07, 6.45) is 5.66. The number of halogens is 1. The molecule has 0 spiro atoms. The van der Waals surface area contributed by atoms with Gasteiger partial charge in [0.15, 0.2) is 0 Å². The molecule has 0 aromatic carbocycles. The van der Waals surface area contributed by atoms with Gasteiger partial charge in [-0.3, -0.25) is 0 Å². The Bertz CT molecular complexity index is 415. The van der Waals surface area contributed by atoms with Gasteiger partial charge in [-0.25, -0.2) is 0 Å². The van der Waals surface area contributed by atoms with Crippen molar-refractivity contribution in [3.05, 3.63) is 11.6 Å². The third-order valence-electron chi connectivity index (χ3n) is 4.48. The van der Waals surface area contributed by atoms with Crippen molar-refractivity contribution in [2.24, 2.45) is 17.8 Å². The van der Waals surface area contributed by atoms with Gasteiger partial charge < -0.3 is 4.57 Å². The number of aromatic nitrogens is 3. The van der Waals surface area contributed by atoms with E-state index in [1.165, 1.54) is 31.5 Å². The van der Waals surface area contributed by atoms with E-state index < -0.39 is 0 Å². The Morgan fingerprint density at radius 1 is 1.22 bits per heavy atom. The van der Waals surface area contributed by atoms with Gasteiger partial charge >= 0.3 is 0 Å². The summed E-state index contributed by atoms with van der Waals surface area (Å²) in [5.74, 6) is 5.57. The second kappa shape index (κ2) is 4.95. The first-order valence-corrected chi connectivity index (χ1v) is 8.32. The Kier molecular flexibility index (Phi) is 3.48. The van der Waals surface area contributed by atoms with Gasteiger partial charge in [0.1, 0.15) is 11.6 Å². The van der Waals surface area contributed by atoms with Gasteiger partial charge in [-0.05, 0) is 30.6 Å². The maximum absolute atomic E-state index is 4.51. The van der Waals surface area contributed by atoms with Crippen molar-refractivity contribution in [1.29, 1.82) is 0 Å². The molecule has 2 atom stereocenters. The van der Waals surface area contributed by atoms with E-state index in [1.807, 2.05) is 0 Å². The van der Waals surface area contributed by atoms with E-state index in [4.69, 9.17) is 0 Å². The first kappa shape index (κ1) is 12.6. The highest BCUT2D eigenvalue weighted by Gasteiger charge is 2.53. The minimum atomic E-state index is 0.651. The van der Waals surface area contributed by atoms with Crippen molar-refractivity contribution in [3.63, 3.8) is 0 Å². The molecule has 1 heterocycles. The van der Waals surface area contributed by atoms with Crippen molar-refractivity contribution in [1.82, 2.24) is 14.8 Å². The van der Waals surface area contributed by atoms with Crippen LogP contribution in [0.25, 0.3) is 0 Å². The molecule has 4 heteroatoms. The molecule has 3 nitrogen and oxygen atoms in total. The lowest BCUT2D eigenvalue weighted by atomic mass is 10.0. The van der Waals surface area contributed by atoms with Crippen LogP contribution in [0.5, 0.6) is 0 Å². The second-order valence-corrected chi connectivity index (χ2v) is 6.81. The van der Waals surface area contributed by atoms with Crippen LogP contribution in [0.3, 0.4) is 0 Å². The van der Waals surface area contributed by atoms with Crippen LogP contribution < -0.4 is 0 Å². The van der Waals surface area contributed by atoms with Crippen LogP contribution in [0.1, 0.15) is 57.1 Å². The summed E-state index contributed by atoms with van der Waals surface area (Å²) in [5, 5.41) is 9.70. The number of hydrogen-bond donors (Lipinski definition) is 0. The highest BCUT2D eigenvalue weighted by Crippen LogP contribution is 2.60. The standard InChI is InChI=1S/C14H22BrN3/c1-9(2)8-18-12(7-15)16-17-14(18)13-10-5-3-4-6-11(10)13/h9-11,13H,3-8H2,1-2H3. The molecule has 2 fully saturated rings. The summed E-state index contributed by atoms with van der Waals surface area (Å²) in [4.78, 5) is 0. The molecule has 2 unspecified atom stereocenters. The van der Waals surface area contributed by atoms with Gasteiger partial charge in [-0.15, -0.1) is 10.2 Å². The zero-order valence-corrected chi connectivity index (χ0v) is 12.9. The van der Waals surface area contributed by atoms with Crippen LogP contribution in [0.4, 0.5) is 0 Å². The second-order valence-electron chi connectivity index (χ2n) is 6.25. The van der Waals surface area contributed by atoms with E-state index in [0.717, 1.165) is 29.5 Å². The van der Waals surface area contributed by atoms with Gasteiger partial charge in [0, 0.05) is 12.5 Å². The lowest BCUT2D eigenvalue weighted by Gasteiger charge is -2.11. The Morgan fingerprint density at radius 2 is 1.89 bits per heavy atom. The highest BCUT2D eigenvalue weighted by atomic mass is 79.9. The lowest BCUT2D eigenvalue weighted by molar-refractivity contribution is 0.480. The molecule has 2 aliphatic carbocycles. The minimum Gasteiger partial charge on any atom is -0.314 e. The largest absolute Gasteiger partial charge is 0.314 e. The Balaban J connectivity index is 1.85. The SMILES string of the molecule is CC(C)Cn1c(CBr)nnc1C1C2CCCCC21. The maximum atomic E-state index is 4.51. The first-order chi connectivity index (χ1) is 8.72. The molecule has 0 radical (unpaired) electrons. The molecule has 0 saturated heterocycles. The normalized spacial score (nSPS) is 30.6. The average molecular weight is 312 g/mol. The van der Waals surface area contributed by atoms with E-state index in [1.54, 1.807) is 0 Å². The van der Waals surface area contributed by atoms with E-state index in [-0.39, 0.29) is 0 Å². The van der Waals surface area contributed by atoms with E-state index in [0.29, 0.717) is 11.8 Å². The average Bonchev–Trinajstić information content (AvgIpc) is 2.95. The molecule has 18 heavy (non-hydrogen) atoms. The predicted octanol–water partition coefficient (Wildman–Crippen LogP) is 3.73. The van der Waals surface area contributed by atoms with Gasteiger partial charge in [0.25, 0.3) is 0 Å². The molecule has 1 aromatic rings. The molecule has 2 aliphatic rings. The Hall–Kier alpha value is -0.380. The fourth-order valence-electron chi connectivity index (χ4n) is 3.63. The van der Waals surface area contributed by atoms with Gasteiger partial charge in [-0.1, -0.05) is 42.6 Å². The van der Waals surface area contributed by atoms with Crippen LogP contribution in [0.2, 0.25) is 0 Å². The summed E-state index contributed by atoms with van der Waals surface area (Å²) in [6.45, 7) is 5.59.